The molecule has 0 aliphatic heterocycles. The molecule has 0 bridgehead atoms. The monoisotopic (exact) mass is 440 g/mol. The highest BCUT2D eigenvalue weighted by atomic mass is 16.7. The van der Waals surface area contributed by atoms with Gasteiger partial charge in [0.2, 0.25) is 0 Å². The van der Waals surface area contributed by atoms with Gasteiger partial charge in [-0.25, -0.2) is 0 Å². The molecule has 0 aromatic carbocycles. The number of rotatable bonds is 23. The van der Waals surface area contributed by atoms with Gasteiger partial charge in [-0.2, -0.15) is 0 Å². The Morgan fingerprint density at radius 1 is 0.548 bits per heavy atom. The standard InChI is InChI=1S/C29H60O2/c1-7-9-11-13-15-17-19-21-23-30-28(25-27(3)26-29(4,5)6)31-24-22-20-18-16-14-12-10-8-2/h27-28H,7-26H2,1-6H3. The molecule has 1 unspecified atom stereocenters. The Kier molecular flexibility index (Phi) is 21.7. The molecule has 0 aromatic rings. The molecule has 0 amide bonds. The van der Waals surface area contributed by atoms with E-state index >= 15 is 0 Å². The van der Waals surface area contributed by atoms with Gasteiger partial charge in [-0.1, -0.05) is 131 Å². The van der Waals surface area contributed by atoms with Gasteiger partial charge in [-0.05, 0) is 30.6 Å². The van der Waals surface area contributed by atoms with E-state index in [4.69, 9.17) is 9.47 Å². The highest BCUT2D eigenvalue weighted by Crippen LogP contribution is 2.27. The molecule has 2 heteroatoms. The molecule has 2 nitrogen and oxygen atoms in total. The first-order valence-electron chi connectivity index (χ1n) is 14.1. The summed E-state index contributed by atoms with van der Waals surface area (Å²) in [5.41, 5.74) is 0.375. The van der Waals surface area contributed by atoms with E-state index < -0.39 is 0 Å². The Morgan fingerprint density at radius 3 is 1.26 bits per heavy atom. The average Bonchev–Trinajstić information content (AvgIpc) is 2.69. The molecule has 31 heavy (non-hydrogen) atoms. The maximum absolute atomic E-state index is 6.22. The maximum Gasteiger partial charge on any atom is 0.157 e. The Balaban J connectivity index is 4.00. The van der Waals surface area contributed by atoms with Gasteiger partial charge in [-0.15, -0.1) is 0 Å². The van der Waals surface area contributed by atoms with Crippen LogP contribution in [0.15, 0.2) is 0 Å². The summed E-state index contributed by atoms with van der Waals surface area (Å²) in [4.78, 5) is 0. The minimum absolute atomic E-state index is 0.00791. The first-order chi connectivity index (χ1) is 14.9. The first-order valence-corrected chi connectivity index (χ1v) is 14.1. The first kappa shape index (κ1) is 30.9. The molecule has 0 saturated heterocycles. The Bertz CT molecular complexity index is 325. The van der Waals surface area contributed by atoms with Crippen molar-refractivity contribution in [1.82, 2.24) is 0 Å². The van der Waals surface area contributed by atoms with Gasteiger partial charge >= 0.3 is 0 Å². The van der Waals surface area contributed by atoms with Crippen molar-refractivity contribution in [3.63, 3.8) is 0 Å². The zero-order valence-electron chi connectivity index (χ0n) is 22.6. The second kappa shape index (κ2) is 21.7. The molecule has 0 aliphatic carbocycles. The van der Waals surface area contributed by atoms with E-state index in [1.807, 2.05) is 0 Å². The van der Waals surface area contributed by atoms with Crippen molar-refractivity contribution in [2.45, 2.75) is 163 Å². The zero-order valence-corrected chi connectivity index (χ0v) is 22.6. The summed E-state index contributed by atoms with van der Waals surface area (Å²) in [6, 6.07) is 0. The van der Waals surface area contributed by atoms with Crippen LogP contribution >= 0.6 is 0 Å². The quantitative estimate of drug-likeness (QED) is 0.116. The van der Waals surface area contributed by atoms with Crippen LogP contribution in [0.4, 0.5) is 0 Å². The second-order valence-electron chi connectivity index (χ2n) is 11.2. The topological polar surface area (TPSA) is 18.5 Å². The lowest BCUT2D eigenvalue weighted by Crippen LogP contribution is -2.23. The molecule has 0 radical (unpaired) electrons. The molecule has 1 atom stereocenters. The van der Waals surface area contributed by atoms with Gasteiger partial charge in [0, 0.05) is 19.6 Å². The van der Waals surface area contributed by atoms with Gasteiger partial charge in [-0.3, -0.25) is 0 Å². The molecule has 0 spiro atoms. The predicted molar refractivity (Wildman–Crippen MR) is 139 cm³/mol. The largest absolute Gasteiger partial charge is 0.353 e. The number of ether oxygens (including phenoxy) is 2. The van der Waals surface area contributed by atoms with E-state index in [-0.39, 0.29) is 6.29 Å². The smallest absolute Gasteiger partial charge is 0.157 e. The highest BCUT2D eigenvalue weighted by molar-refractivity contribution is 4.67. The summed E-state index contributed by atoms with van der Waals surface area (Å²) in [6.45, 7) is 15.7. The summed E-state index contributed by atoms with van der Waals surface area (Å²) in [7, 11) is 0. The summed E-state index contributed by atoms with van der Waals surface area (Å²) in [6.07, 6.45) is 23.8. The fraction of sp³-hybridized carbons (Fsp3) is 1.00. The molecule has 0 aliphatic rings. The Hall–Kier alpha value is -0.0800. The van der Waals surface area contributed by atoms with Crippen LogP contribution in [-0.2, 0) is 9.47 Å². The van der Waals surface area contributed by atoms with Crippen molar-refractivity contribution in [3.05, 3.63) is 0 Å². The Labute approximate surface area is 197 Å². The van der Waals surface area contributed by atoms with Crippen LogP contribution in [-0.4, -0.2) is 19.5 Å². The molecule has 0 fully saturated rings. The van der Waals surface area contributed by atoms with Crippen LogP contribution in [0.1, 0.15) is 157 Å². The average molecular weight is 441 g/mol. The molecule has 188 valence electrons. The number of hydrogen-bond donors (Lipinski definition) is 0. The van der Waals surface area contributed by atoms with Gasteiger partial charge in [0.05, 0.1) is 0 Å². The lowest BCUT2D eigenvalue weighted by molar-refractivity contribution is -0.154. The second-order valence-corrected chi connectivity index (χ2v) is 11.2. The SMILES string of the molecule is CCCCCCCCCCOC(CC(C)CC(C)(C)C)OCCCCCCCCCC. The van der Waals surface area contributed by atoms with Crippen LogP contribution < -0.4 is 0 Å². The van der Waals surface area contributed by atoms with Crippen LogP contribution in [0.5, 0.6) is 0 Å². The lowest BCUT2D eigenvalue weighted by Gasteiger charge is -2.27. The molecule has 0 rings (SSSR count). The van der Waals surface area contributed by atoms with Crippen molar-refractivity contribution in [2.75, 3.05) is 13.2 Å². The van der Waals surface area contributed by atoms with Crippen molar-refractivity contribution in [3.8, 4) is 0 Å². The molecular weight excluding hydrogens is 380 g/mol. The molecule has 0 heterocycles. The Morgan fingerprint density at radius 2 is 0.903 bits per heavy atom. The number of hydrogen-bond acceptors (Lipinski definition) is 2. The van der Waals surface area contributed by atoms with Crippen LogP contribution in [0.2, 0.25) is 0 Å². The third-order valence-corrected chi connectivity index (χ3v) is 6.16. The summed E-state index contributed by atoms with van der Waals surface area (Å²) < 4.78 is 12.4. The minimum atomic E-state index is -0.00791. The molecule has 0 aromatic heterocycles. The third kappa shape index (κ3) is 24.4. The van der Waals surface area contributed by atoms with E-state index in [1.54, 1.807) is 0 Å². The van der Waals surface area contributed by atoms with Crippen molar-refractivity contribution in [2.24, 2.45) is 11.3 Å². The van der Waals surface area contributed by atoms with Crippen LogP contribution in [0, 0.1) is 11.3 Å². The van der Waals surface area contributed by atoms with E-state index in [0.717, 1.165) is 19.6 Å². The van der Waals surface area contributed by atoms with Gasteiger partial charge in [0.1, 0.15) is 0 Å². The summed E-state index contributed by atoms with van der Waals surface area (Å²) >= 11 is 0. The van der Waals surface area contributed by atoms with Crippen LogP contribution in [0.25, 0.3) is 0 Å². The fourth-order valence-corrected chi connectivity index (χ4v) is 4.54. The minimum Gasteiger partial charge on any atom is -0.353 e. The van der Waals surface area contributed by atoms with Crippen LogP contribution in [0.3, 0.4) is 0 Å². The third-order valence-electron chi connectivity index (χ3n) is 6.16. The molecule has 0 saturated carbocycles. The van der Waals surface area contributed by atoms with E-state index in [2.05, 4.69) is 41.5 Å². The van der Waals surface area contributed by atoms with E-state index in [9.17, 15) is 0 Å². The van der Waals surface area contributed by atoms with Crippen molar-refractivity contribution >= 4 is 0 Å². The summed E-state index contributed by atoms with van der Waals surface area (Å²) in [5.74, 6) is 0.641. The van der Waals surface area contributed by atoms with Crippen molar-refractivity contribution < 1.29 is 9.47 Å². The lowest BCUT2D eigenvalue weighted by atomic mass is 9.84. The summed E-state index contributed by atoms with van der Waals surface area (Å²) in [5, 5.41) is 0. The van der Waals surface area contributed by atoms with Gasteiger partial charge in [0.15, 0.2) is 6.29 Å². The molecule has 0 N–H and O–H groups in total. The van der Waals surface area contributed by atoms with Gasteiger partial charge in [0.25, 0.3) is 0 Å². The van der Waals surface area contributed by atoms with E-state index in [0.29, 0.717) is 11.3 Å². The number of unbranched alkanes of at least 4 members (excludes halogenated alkanes) is 14. The van der Waals surface area contributed by atoms with Crippen molar-refractivity contribution in [1.29, 1.82) is 0 Å². The predicted octanol–water partition coefficient (Wildman–Crippen LogP) is 10.1. The van der Waals surface area contributed by atoms with Gasteiger partial charge < -0.3 is 9.47 Å². The normalized spacial score (nSPS) is 13.3. The van der Waals surface area contributed by atoms with E-state index in [1.165, 1.54) is 109 Å². The molecular formula is C29H60O2. The zero-order chi connectivity index (χ0) is 23.2. The highest BCUT2D eigenvalue weighted by Gasteiger charge is 2.20. The maximum atomic E-state index is 6.22. The fourth-order valence-electron chi connectivity index (χ4n) is 4.54.